The number of aromatic carboxylic acids is 1. The zero-order valence-electron chi connectivity index (χ0n) is 10.3. The van der Waals surface area contributed by atoms with Gasteiger partial charge in [0.1, 0.15) is 5.75 Å². The van der Waals surface area contributed by atoms with Crippen LogP contribution >= 0.6 is 0 Å². The molecule has 2 aromatic rings. The molecule has 0 fully saturated rings. The number of halogens is 1. The zero-order chi connectivity index (χ0) is 13.8. The number of carboxylic acids is 1. The normalized spacial score (nSPS) is 10.2. The first-order valence-corrected chi connectivity index (χ1v) is 5.75. The van der Waals surface area contributed by atoms with Crippen LogP contribution in [0, 0.1) is 5.82 Å². The predicted molar refractivity (Wildman–Crippen MR) is 67.0 cm³/mol. The third kappa shape index (κ3) is 3.07. The minimum Gasteiger partial charge on any atom is -0.478 e. The number of ether oxygens (including phenoxy) is 1. The molecular weight excluding hydrogens is 249 g/mol. The third-order valence-electron chi connectivity index (χ3n) is 2.60. The minimum absolute atomic E-state index is 0.216. The Hall–Kier alpha value is -2.43. The summed E-state index contributed by atoms with van der Waals surface area (Å²) in [6.07, 6.45) is 1.96. The van der Waals surface area contributed by atoms with Crippen LogP contribution in [0.4, 0.5) is 4.39 Å². The highest BCUT2D eigenvalue weighted by molar-refractivity contribution is 5.87. The van der Waals surface area contributed by atoms with Crippen molar-refractivity contribution < 1.29 is 19.0 Å². The van der Waals surface area contributed by atoms with Crippen molar-refractivity contribution in [1.82, 2.24) is 4.98 Å². The van der Waals surface area contributed by atoms with Gasteiger partial charge < -0.3 is 9.84 Å². The Balaban J connectivity index is 2.20. The number of aromatic nitrogens is 1. The molecule has 0 radical (unpaired) electrons. The maximum atomic E-state index is 13.6. The molecule has 0 spiro atoms. The van der Waals surface area contributed by atoms with Crippen LogP contribution in [0.3, 0.4) is 0 Å². The fourth-order valence-corrected chi connectivity index (χ4v) is 1.52. The molecule has 0 aliphatic heterocycles. The largest absolute Gasteiger partial charge is 0.478 e. The first-order chi connectivity index (χ1) is 9.10. The fourth-order valence-electron chi connectivity index (χ4n) is 1.52. The lowest BCUT2D eigenvalue weighted by atomic mass is 10.2. The average Bonchev–Trinajstić information content (AvgIpc) is 2.41. The molecule has 5 heteroatoms. The number of carbonyl (C=O) groups is 1. The molecule has 0 saturated carbocycles. The highest BCUT2D eigenvalue weighted by Crippen LogP contribution is 2.23. The topological polar surface area (TPSA) is 59.4 Å². The van der Waals surface area contributed by atoms with E-state index in [0.717, 1.165) is 24.2 Å². The van der Waals surface area contributed by atoms with E-state index in [0.29, 0.717) is 5.75 Å². The van der Waals surface area contributed by atoms with Crippen molar-refractivity contribution in [3.63, 3.8) is 0 Å². The van der Waals surface area contributed by atoms with E-state index in [-0.39, 0.29) is 11.4 Å². The van der Waals surface area contributed by atoms with Crippen LogP contribution in [0.25, 0.3) is 0 Å². The third-order valence-corrected chi connectivity index (χ3v) is 2.60. The van der Waals surface area contributed by atoms with Crippen molar-refractivity contribution in [2.24, 2.45) is 0 Å². The van der Waals surface area contributed by atoms with Gasteiger partial charge in [0.25, 0.3) is 5.88 Å². The van der Waals surface area contributed by atoms with Gasteiger partial charge in [-0.2, -0.15) is 0 Å². The van der Waals surface area contributed by atoms with E-state index >= 15 is 0 Å². The average molecular weight is 261 g/mol. The van der Waals surface area contributed by atoms with E-state index in [9.17, 15) is 9.18 Å². The monoisotopic (exact) mass is 261 g/mol. The van der Waals surface area contributed by atoms with Gasteiger partial charge in [-0.3, -0.25) is 0 Å². The molecule has 98 valence electrons. The summed E-state index contributed by atoms with van der Waals surface area (Å²) in [7, 11) is 0. The number of aryl methyl sites for hydroxylation is 1. The number of hydrogen-bond donors (Lipinski definition) is 1. The molecule has 1 heterocycles. The van der Waals surface area contributed by atoms with Gasteiger partial charge in [0.05, 0.1) is 5.56 Å². The molecule has 2 rings (SSSR count). The van der Waals surface area contributed by atoms with E-state index in [1.807, 2.05) is 19.1 Å². The molecule has 1 N–H and O–H groups in total. The van der Waals surface area contributed by atoms with Crippen molar-refractivity contribution >= 4 is 5.97 Å². The number of hydrogen-bond acceptors (Lipinski definition) is 3. The number of pyridine rings is 1. The predicted octanol–water partition coefficient (Wildman–Crippen LogP) is 3.27. The van der Waals surface area contributed by atoms with Gasteiger partial charge in [-0.25, -0.2) is 14.2 Å². The van der Waals surface area contributed by atoms with Crippen LogP contribution in [0.1, 0.15) is 22.8 Å². The quantitative estimate of drug-likeness (QED) is 0.917. The van der Waals surface area contributed by atoms with Gasteiger partial charge in [-0.1, -0.05) is 19.1 Å². The lowest BCUT2D eigenvalue weighted by Gasteiger charge is -2.06. The summed E-state index contributed by atoms with van der Waals surface area (Å²) in [6, 6.07) is 8.05. The number of nitrogens with zero attached hydrogens (tertiary/aromatic N) is 1. The SMILES string of the molecule is CCc1ccc(Oc2ncc(C(=O)O)cc2F)cc1. The summed E-state index contributed by atoms with van der Waals surface area (Å²) >= 11 is 0. The number of benzene rings is 1. The van der Waals surface area contributed by atoms with Gasteiger partial charge >= 0.3 is 5.97 Å². The first kappa shape index (κ1) is 13.0. The molecule has 0 amide bonds. The van der Waals surface area contributed by atoms with Crippen LogP contribution in [-0.4, -0.2) is 16.1 Å². The van der Waals surface area contributed by atoms with Crippen LogP contribution in [0.5, 0.6) is 11.6 Å². The summed E-state index contributed by atoms with van der Waals surface area (Å²) in [6.45, 7) is 2.03. The molecule has 1 aromatic heterocycles. The van der Waals surface area contributed by atoms with E-state index in [2.05, 4.69) is 4.98 Å². The summed E-state index contributed by atoms with van der Waals surface area (Å²) in [5.41, 5.74) is 0.924. The number of rotatable bonds is 4. The van der Waals surface area contributed by atoms with Crippen molar-refractivity contribution in [1.29, 1.82) is 0 Å². The molecule has 1 aromatic carbocycles. The molecule has 0 bridgehead atoms. The smallest absolute Gasteiger partial charge is 0.337 e. The van der Waals surface area contributed by atoms with E-state index in [1.54, 1.807) is 12.1 Å². The molecular formula is C14H12FNO3. The maximum Gasteiger partial charge on any atom is 0.337 e. The Kier molecular flexibility index (Phi) is 3.75. The summed E-state index contributed by atoms with van der Waals surface area (Å²) in [4.78, 5) is 14.3. The van der Waals surface area contributed by atoms with Gasteiger partial charge in [-0.05, 0) is 30.2 Å². The van der Waals surface area contributed by atoms with Crippen LogP contribution in [0.15, 0.2) is 36.5 Å². The van der Waals surface area contributed by atoms with Gasteiger partial charge in [0.15, 0.2) is 5.82 Å². The molecule has 4 nitrogen and oxygen atoms in total. The Labute approximate surface area is 109 Å². The lowest BCUT2D eigenvalue weighted by molar-refractivity contribution is 0.0695. The summed E-state index contributed by atoms with van der Waals surface area (Å²) in [5.74, 6) is -1.83. The van der Waals surface area contributed by atoms with Crippen LogP contribution < -0.4 is 4.74 Å². The van der Waals surface area contributed by atoms with E-state index < -0.39 is 11.8 Å². The van der Waals surface area contributed by atoms with Crippen molar-refractivity contribution in [2.45, 2.75) is 13.3 Å². The van der Waals surface area contributed by atoms with E-state index in [4.69, 9.17) is 9.84 Å². The highest BCUT2D eigenvalue weighted by Gasteiger charge is 2.11. The zero-order valence-corrected chi connectivity index (χ0v) is 10.3. The Morgan fingerprint density at radius 1 is 1.37 bits per heavy atom. The number of carboxylic acid groups (broad SMARTS) is 1. The molecule has 19 heavy (non-hydrogen) atoms. The van der Waals surface area contributed by atoms with Crippen molar-refractivity contribution in [3.05, 3.63) is 53.5 Å². The lowest BCUT2D eigenvalue weighted by Crippen LogP contribution is -2.00. The standard InChI is InChI=1S/C14H12FNO3/c1-2-9-3-5-11(6-4-9)19-13-12(15)7-10(8-16-13)14(17)18/h3-8H,2H2,1H3,(H,17,18). The maximum absolute atomic E-state index is 13.6. The minimum atomic E-state index is -1.23. The van der Waals surface area contributed by atoms with Crippen LogP contribution in [-0.2, 0) is 6.42 Å². The van der Waals surface area contributed by atoms with Gasteiger partial charge in [0.2, 0.25) is 0 Å². The van der Waals surface area contributed by atoms with Crippen molar-refractivity contribution in [3.8, 4) is 11.6 Å². The molecule has 0 aliphatic carbocycles. The summed E-state index contributed by atoms with van der Waals surface area (Å²) in [5, 5.41) is 8.70. The molecule has 0 atom stereocenters. The van der Waals surface area contributed by atoms with Gasteiger partial charge in [0, 0.05) is 6.20 Å². The van der Waals surface area contributed by atoms with E-state index in [1.165, 1.54) is 0 Å². The Morgan fingerprint density at radius 2 is 2.05 bits per heavy atom. The second kappa shape index (κ2) is 5.48. The van der Waals surface area contributed by atoms with Crippen LogP contribution in [0.2, 0.25) is 0 Å². The molecule has 0 saturated heterocycles. The second-order valence-corrected chi connectivity index (χ2v) is 3.92. The Morgan fingerprint density at radius 3 is 2.58 bits per heavy atom. The summed E-state index contributed by atoms with van der Waals surface area (Å²) < 4.78 is 18.9. The molecule has 0 unspecified atom stereocenters. The fraction of sp³-hybridized carbons (Fsp3) is 0.143. The highest BCUT2D eigenvalue weighted by atomic mass is 19.1. The Bertz CT molecular complexity index is 596. The van der Waals surface area contributed by atoms with Gasteiger partial charge in [-0.15, -0.1) is 0 Å². The second-order valence-electron chi connectivity index (χ2n) is 3.92. The molecule has 0 aliphatic rings. The first-order valence-electron chi connectivity index (χ1n) is 5.75. The van der Waals surface area contributed by atoms with Crippen molar-refractivity contribution in [2.75, 3.05) is 0 Å².